The number of alkyl halides is 1. The molecule has 0 bridgehead atoms. The van der Waals surface area contributed by atoms with Gasteiger partial charge in [-0.2, -0.15) is 0 Å². The molecule has 0 saturated heterocycles. The number of nitrogens with two attached hydrogens (primary N) is 1. The van der Waals surface area contributed by atoms with Crippen molar-refractivity contribution in [2.24, 2.45) is 5.73 Å². The third-order valence-corrected chi connectivity index (χ3v) is 2.68. The highest BCUT2D eigenvalue weighted by atomic mass is 35.5. The van der Waals surface area contributed by atoms with E-state index in [0.717, 1.165) is 11.3 Å². The van der Waals surface area contributed by atoms with Crippen LogP contribution in [0.5, 0.6) is 0 Å². The quantitative estimate of drug-likeness (QED) is 0.648. The molecule has 0 fully saturated rings. The molecular weight excluding hydrogens is 276 g/mol. The van der Waals surface area contributed by atoms with Crippen molar-refractivity contribution in [1.29, 1.82) is 0 Å². The number of benzene rings is 1. The first kappa shape index (κ1) is 18.9. The molecule has 0 radical (unpaired) electrons. The zero-order chi connectivity index (χ0) is 15.5. The van der Waals surface area contributed by atoms with Crippen LogP contribution in [-0.4, -0.2) is 24.6 Å². The molecule has 1 amide bonds. The molecule has 5 heteroatoms. The number of para-hydroxylation sites is 1. The number of nitrogens with zero attached hydrogens (tertiary/aromatic N) is 1. The average molecular weight is 301 g/mol. The third-order valence-electron chi connectivity index (χ3n) is 2.45. The second-order valence-electron chi connectivity index (χ2n) is 4.13. The van der Waals surface area contributed by atoms with E-state index < -0.39 is 0 Å². The van der Waals surface area contributed by atoms with Crippen molar-refractivity contribution in [2.75, 3.05) is 17.5 Å². The first-order valence-corrected chi connectivity index (χ1v) is 7.39. The summed E-state index contributed by atoms with van der Waals surface area (Å²) < 4.78 is 5.49. The Morgan fingerprint density at radius 1 is 1.35 bits per heavy atom. The fraction of sp³-hybridized carbons (Fsp3) is 0.533. The lowest BCUT2D eigenvalue weighted by Gasteiger charge is -2.25. The van der Waals surface area contributed by atoms with Gasteiger partial charge in [-0.1, -0.05) is 32.0 Å². The Morgan fingerprint density at radius 2 is 1.95 bits per heavy atom. The molecular formula is C15H25ClN2O2. The van der Waals surface area contributed by atoms with Crippen LogP contribution in [-0.2, 0) is 16.1 Å². The minimum Gasteiger partial charge on any atom is -0.358 e. The molecule has 1 rings (SSSR count). The van der Waals surface area contributed by atoms with Crippen LogP contribution < -0.4 is 10.6 Å². The lowest BCUT2D eigenvalue weighted by Crippen LogP contribution is -2.36. The van der Waals surface area contributed by atoms with Gasteiger partial charge in [0.1, 0.15) is 12.6 Å². The summed E-state index contributed by atoms with van der Waals surface area (Å²) >= 11 is 5.63. The maximum absolute atomic E-state index is 11.9. The number of rotatable bonds is 6. The van der Waals surface area contributed by atoms with Gasteiger partial charge in [0.25, 0.3) is 0 Å². The Balaban J connectivity index is 0.00000172. The fourth-order valence-electron chi connectivity index (χ4n) is 1.52. The van der Waals surface area contributed by atoms with Crippen molar-refractivity contribution < 1.29 is 9.53 Å². The maximum Gasteiger partial charge on any atom is 0.243 e. The van der Waals surface area contributed by atoms with Crippen LogP contribution in [0.25, 0.3) is 0 Å². The van der Waals surface area contributed by atoms with Crippen molar-refractivity contribution in [3.05, 3.63) is 29.8 Å². The lowest BCUT2D eigenvalue weighted by molar-refractivity contribution is -0.117. The number of carbonyl (C=O) groups is 1. The smallest absolute Gasteiger partial charge is 0.243 e. The Bertz CT molecular complexity index is 397. The van der Waals surface area contributed by atoms with Crippen LogP contribution in [0.4, 0.5) is 5.69 Å². The molecule has 20 heavy (non-hydrogen) atoms. The van der Waals surface area contributed by atoms with Gasteiger partial charge in [-0.15, -0.1) is 11.6 Å². The molecule has 0 atom stereocenters. The maximum atomic E-state index is 11.9. The fourth-order valence-corrected chi connectivity index (χ4v) is 1.66. The first-order valence-electron chi connectivity index (χ1n) is 6.86. The first-order chi connectivity index (χ1) is 9.60. The standard InChI is InChI=1S/C13H19ClN2O2.C2H6/c1-10(2)18-9-16(13(17)7-14)12-6-4-3-5-11(12)8-15;1-2/h3-6,10H,7-9,15H2,1-2H3;1-2H3. The number of amides is 1. The van der Waals surface area contributed by atoms with E-state index in [2.05, 4.69) is 0 Å². The summed E-state index contributed by atoms with van der Waals surface area (Å²) in [6.45, 7) is 8.38. The summed E-state index contributed by atoms with van der Waals surface area (Å²) in [4.78, 5) is 13.4. The SMILES string of the molecule is CC.CC(C)OCN(C(=O)CCl)c1ccccc1CN. The zero-order valence-corrected chi connectivity index (χ0v) is 13.5. The molecule has 0 aliphatic heterocycles. The number of hydrogen-bond donors (Lipinski definition) is 1. The van der Waals surface area contributed by atoms with Gasteiger partial charge in [0, 0.05) is 6.54 Å². The minimum atomic E-state index is -0.196. The zero-order valence-electron chi connectivity index (χ0n) is 12.7. The molecule has 1 aromatic rings. The van der Waals surface area contributed by atoms with Gasteiger partial charge in [0.05, 0.1) is 11.8 Å². The molecule has 4 nitrogen and oxygen atoms in total. The van der Waals surface area contributed by atoms with E-state index in [1.54, 1.807) is 0 Å². The summed E-state index contributed by atoms with van der Waals surface area (Å²) in [6, 6.07) is 7.48. The topological polar surface area (TPSA) is 55.6 Å². The van der Waals surface area contributed by atoms with Crippen LogP contribution in [0, 0.1) is 0 Å². The molecule has 114 valence electrons. The van der Waals surface area contributed by atoms with Gasteiger partial charge in [-0.3, -0.25) is 9.69 Å². The van der Waals surface area contributed by atoms with Gasteiger partial charge in [0.15, 0.2) is 0 Å². The lowest BCUT2D eigenvalue weighted by atomic mass is 10.1. The molecule has 0 aromatic heterocycles. The summed E-state index contributed by atoms with van der Waals surface area (Å²) in [5.74, 6) is -0.279. The normalized spacial score (nSPS) is 9.95. The van der Waals surface area contributed by atoms with Gasteiger partial charge >= 0.3 is 0 Å². The van der Waals surface area contributed by atoms with Crippen LogP contribution in [0.3, 0.4) is 0 Å². The Kier molecular flexibility index (Phi) is 10.1. The van der Waals surface area contributed by atoms with Gasteiger partial charge in [-0.25, -0.2) is 0 Å². The monoisotopic (exact) mass is 300 g/mol. The van der Waals surface area contributed by atoms with Crippen LogP contribution in [0.15, 0.2) is 24.3 Å². The van der Waals surface area contributed by atoms with Crippen LogP contribution >= 0.6 is 11.6 Å². The van der Waals surface area contributed by atoms with Crippen molar-refractivity contribution in [1.82, 2.24) is 0 Å². The Labute approximate surface area is 126 Å². The van der Waals surface area contributed by atoms with Crippen molar-refractivity contribution in [3.8, 4) is 0 Å². The van der Waals surface area contributed by atoms with Crippen molar-refractivity contribution in [3.63, 3.8) is 0 Å². The Morgan fingerprint density at radius 3 is 2.45 bits per heavy atom. The Hall–Kier alpha value is -1.10. The highest BCUT2D eigenvalue weighted by Gasteiger charge is 2.17. The second kappa shape index (κ2) is 10.7. The van der Waals surface area contributed by atoms with Crippen LogP contribution in [0.2, 0.25) is 0 Å². The predicted octanol–water partition coefficient (Wildman–Crippen LogP) is 3.13. The number of ether oxygens (including phenoxy) is 1. The minimum absolute atomic E-state index is 0.0423. The van der Waals surface area contributed by atoms with Gasteiger partial charge in [0.2, 0.25) is 5.91 Å². The molecule has 0 unspecified atom stereocenters. The summed E-state index contributed by atoms with van der Waals surface area (Å²) in [5, 5.41) is 0. The van der Waals surface area contributed by atoms with E-state index in [1.807, 2.05) is 52.0 Å². The number of hydrogen-bond acceptors (Lipinski definition) is 3. The molecule has 0 saturated carbocycles. The predicted molar refractivity (Wildman–Crippen MR) is 85.0 cm³/mol. The van der Waals surface area contributed by atoms with Crippen molar-refractivity contribution >= 4 is 23.2 Å². The molecule has 1 aromatic carbocycles. The van der Waals surface area contributed by atoms with E-state index >= 15 is 0 Å². The number of anilines is 1. The van der Waals surface area contributed by atoms with E-state index in [-0.39, 0.29) is 24.6 Å². The summed E-state index contributed by atoms with van der Waals surface area (Å²) in [6.07, 6.45) is 0.0423. The molecule has 0 spiro atoms. The average Bonchev–Trinajstić information content (AvgIpc) is 2.49. The van der Waals surface area contributed by atoms with E-state index in [4.69, 9.17) is 22.1 Å². The molecule has 0 heterocycles. The number of carbonyl (C=O) groups excluding carboxylic acids is 1. The van der Waals surface area contributed by atoms with E-state index in [1.165, 1.54) is 4.90 Å². The summed E-state index contributed by atoms with van der Waals surface area (Å²) in [5.41, 5.74) is 7.32. The second-order valence-corrected chi connectivity index (χ2v) is 4.40. The van der Waals surface area contributed by atoms with E-state index in [9.17, 15) is 4.79 Å². The molecule has 0 aliphatic rings. The van der Waals surface area contributed by atoms with Gasteiger partial charge in [-0.05, 0) is 25.5 Å². The van der Waals surface area contributed by atoms with Crippen LogP contribution in [0.1, 0.15) is 33.3 Å². The molecule has 0 aliphatic carbocycles. The highest BCUT2D eigenvalue weighted by Crippen LogP contribution is 2.20. The van der Waals surface area contributed by atoms with Gasteiger partial charge < -0.3 is 10.5 Å². The van der Waals surface area contributed by atoms with Crippen molar-refractivity contribution in [2.45, 2.75) is 40.3 Å². The van der Waals surface area contributed by atoms with E-state index in [0.29, 0.717) is 6.54 Å². The summed E-state index contributed by atoms with van der Waals surface area (Å²) in [7, 11) is 0. The highest BCUT2D eigenvalue weighted by molar-refractivity contribution is 6.29. The third kappa shape index (κ3) is 5.90. The largest absolute Gasteiger partial charge is 0.358 e. The molecule has 2 N–H and O–H groups in total. The number of halogens is 1.